The van der Waals surface area contributed by atoms with E-state index in [2.05, 4.69) is 39.9 Å². The summed E-state index contributed by atoms with van der Waals surface area (Å²) >= 11 is 1.90. The van der Waals surface area contributed by atoms with E-state index in [-0.39, 0.29) is 5.54 Å². The summed E-state index contributed by atoms with van der Waals surface area (Å²) in [5, 5.41) is 5.04. The fourth-order valence-corrected chi connectivity index (χ4v) is 4.19. The molecule has 1 aliphatic carbocycles. The first kappa shape index (κ1) is 14.0. The number of hydrogen-bond donors (Lipinski definition) is 1. The van der Waals surface area contributed by atoms with Crippen LogP contribution in [0.4, 0.5) is 0 Å². The van der Waals surface area contributed by atoms with Crippen molar-refractivity contribution in [2.45, 2.75) is 59.4 Å². The topological polar surface area (TPSA) is 24.9 Å². The Morgan fingerprint density at radius 1 is 1.39 bits per heavy atom. The van der Waals surface area contributed by atoms with E-state index in [1.807, 2.05) is 11.3 Å². The van der Waals surface area contributed by atoms with Crippen molar-refractivity contribution in [3.05, 3.63) is 15.6 Å². The summed E-state index contributed by atoms with van der Waals surface area (Å²) in [6.45, 7) is 12.3. The van der Waals surface area contributed by atoms with Crippen LogP contribution < -0.4 is 5.32 Å². The third kappa shape index (κ3) is 2.35. The minimum absolute atomic E-state index is 0.187. The number of thiazole rings is 1. The molecular weight excluding hydrogens is 240 g/mol. The lowest BCUT2D eigenvalue weighted by molar-refractivity contribution is 0.0692. The molecule has 1 heterocycles. The molecule has 1 N–H and O–H groups in total. The van der Waals surface area contributed by atoms with Crippen LogP contribution in [0.25, 0.3) is 0 Å². The standard InChI is InChI=1S/C15H26N2S/c1-6-13-11(5)18-14(17-13)15(16-7-2)8-12(9-15)10(3)4/h10,12,16H,6-9H2,1-5H3. The van der Waals surface area contributed by atoms with Gasteiger partial charge in [0.1, 0.15) is 5.01 Å². The van der Waals surface area contributed by atoms with E-state index in [9.17, 15) is 0 Å². The van der Waals surface area contributed by atoms with Gasteiger partial charge in [0.2, 0.25) is 0 Å². The Morgan fingerprint density at radius 2 is 2.06 bits per heavy atom. The smallest absolute Gasteiger partial charge is 0.113 e. The molecule has 2 nitrogen and oxygen atoms in total. The summed E-state index contributed by atoms with van der Waals surface area (Å²) in [5.74, 6) is 1.65. The van der Waals surface area contributed by atoms with Crippen LogP contribution in [-0.4, -0.2) is 11.5 Å². The van der Waals surface area contributed by atoms with Crippen LogP contribution >= 0.6 is 11.3 Å². The molecule has 0 bridgehead atoms. The van der Waals surface area contributed by atoms with Gasteiger partial charge < -0.3 is 5.32 Å². The summed E-state index contributed by atoms with van der Waals surface area (Å²) in [4.78, 5) is 6.29. The minimum Gasteiger partial charge on any atom is -0.306 e. The SMILES string of the molecule is CCNC1(c2nc(CC)c(C)s2)CC(C(C)C)C1. The lowest BCUT2D eigenvalue weighted by Gasteiger charge is -2.49. The Kier molecular flexibility index (Phi) is 4.12. The Morgan fingerprint density at radius 3 is 2.50 bits per heavy atom. The first-order valence-electron chi connectivity index (χ1n) is 7.24. The second-order valence-electron chi connectivity index (χ2n) is 5.90. The second kappa shape index (κ2) is 5.30. The van der Waals surface area contributed by atoms with E-state index < -0.39 is 0 Å². The van der Waals surface area contributed by atoms with Crippen LogP contribution in [0.15, 0.2) is 0 Å². The molecule has 2 rings (SSSR count). The molecule has 1 saturated carbocycles. The van der Waals surface area contributed by atoms with Crippen LogP contribution in [0.5, 0.6) is 0 Å². The van der Waals surface area contributed by atoms with Gasteiger partial charge in [-0.2, -0.15) is 0 Å². The largest absolute Gasteiger partial charge is 0.306 e. The van der Waals surface area contributed by atoms with E-state index in [1.165, 1.54) is 28.4 Å². The summed E-state index contributed by atoms with van der Waals surface area (Å²) in [6, 6.07) is 0. The van der Waals surface area contributed by atoms with Crippen molar-refractivity contribution in [2.75, 3.05) is 6.54 Å². The van der Waals surface area contributed by atoms with Crippen LogP contribution in [0.3, 0.4) is 0 Å². The number of nitrogens with one attached hydrogen (secondary N) is 1. The Labute approximate surface area is 115 Å². The van der Waals surface area contributed by atoms with Crippen molar-refractivity contribution in [3.63, 3.8) is 0 Å². The van der Waals surface area contributed by atoms with Gasteiger partial charge in [-0.05, 0) is 44.6 Å². The predicted molar refractivity (Wildman–Crippen MR) is 79.1 cm³/mol. The molecule has 0 amide bonds. The lowest BCUT2D eigenvalue weighted by atomic mass is 9.64. The first-order chi connectivity index (χ1) is 8.52. The van der Waals surface area contributed by atoms with Crippen molar-refractivity contribution in [1.82, 2.24) is 10.3 Å². The van der Waals surface area contributed by atoms with E-state index >= 15 is 0 Å². The summed E-state index contributed by atoms with van der Waals surface area (Å²) in [6.07, 6.45) is 3.57. The van der Waals surface area contributed by atoms with Crippen LogP contribution in [0.1, 0.15) is 56.1 Å². The number of hydrogen-bond acceptors (Lipinski definition) is 3. The summed E-state index contributed by atoms with van der Waals surface area (Å²) in [5.41, 5.74) is 1.48. The van der Waals surface area contributed by atoms with Crippen molar-refractivity contribution >= 4 is 11.3 Å². The normalized spacial score (nSPS) is 27.6. The maximum Gasteiger partial charge on any atom is 0.113 e. The number of aromatic nitrogens is 1. The third-order valence-corrected chi connectivity index (χ3v) is 5.53. The highest BCUT2D eigenvalue weighted by Gasteiger charge is 2.48. The van der Waals surface area contributed by atoms with Gasteiger partial charge in [-0.1, -0.05) is 27.7 Å². The fraction of sp³-hybridized carbons (Fsp3) is 0.800. The van der Waals surface area contributed by atoms with Gasteiger partial charge in [0, 0.05) is 4.88 Å². The van der Waals surface area contributed by atoms with Gasteiger partial charge in [0.15, 0.2) is 0 Å². The molecule has 0 aromatic carbocycles. The minimum atomic E-state index is 0.187. The average molecular weight is 266 g/mol. The highest BCUT2D eigenvalue weighted by molar-refractivity contribution is 7.11. The molecule has 3 heteroatoms. The Hall–Kier alpha value is -0.410. The van der Waals surface area contributed by atoms with Crippen molar-refractivity contribution in [1.29, 1.82) is 0 Å². The second-order valence-corrected chi connectivity index (χ2v) is 7.10. The molecule has 0 radical (unpaired) electrons. The molecular formula is C15H26N2S. The van der Waals surface area contributed by atoms with E-state index in [4.69, 9.17) is 4.98 Å². The number of rotatable bonds is 5. The van der Waals surface area contributed by atoms with Crippen molar-refractivity contribution < 1.29 is 0 Å². The maximum absolute atomic E-state index is 4.89. The number of aryl methyl sites for hydroxylation is 2. The molecule has 1 aliphatic rings. The highest BCUT2D eigenvalue weighted by Crippen LogP contribution is 2.50. The molecule has 0 saturated heterocycles. The van der Waals surface area contributed by atoms with Crippen molar-refractivity contribution in [2.24, 2.45) is 11.8 Å². The average Bonchev–Trinajstić information content (AvgIpc) is 2.64. The van der Waals surface area contributed by atoms with Crippen LogP contribution in [0.2, 0.25) is 0 Å². The Bertz CT molecular complexity index is 403. The first-order valence-corrected chi connectivity index (χ1v) is 8.05. The zero-order valence-corrected chi connectivity index (χ0v) is 13.2. The Balaban J connectivity index is 2.21. The van der Waals surface area contributed by atoms with E-state index in [0.29, 0.717) is 0 Å². The van der Waals surface area contributed by atoms with E-state index in [0.717, 1.165) is 24.8 Å². The zero-order chi connectivity index (χ0) is 13.3. The predicted octanol–water partition coefficient (Wildman–Crippen LogP) is 3.88. The fourth-order valence-electron chi connectivity index (χ4n) is 3.00. The molecule has 0 unspecified atom stereocenters. The highest BCUT2D eigenvalue weighted by atomic mass is 32.1. The van der Waals surface area contributed by atoms with Gasteiger partial charge >= 0.3 is 0 Å². The van der Waals surface area contributed by atoms with Gasteiger partial charge in [-0.3, -0.25) is 0 Å². The van der Waals surface area contributed by atoms with Gasteiger partial charge in [0.05, 0.1) is 11.2 Å². The molecule has 0 spiro atoms. The summed E-state index contributed by atoms with van der Waals surface area (Å²) in [7, 11) is 0. The molecule has 0 atom stereocenters. The van der Waals surface area contributed by atoms with E-state index in [1.54, 1.807) is 0 Å². The lowest BCUT2D eigenvalue weighted by Crippen LogP contribution is -2.53. The zero-order valence-electron chi connectivity index (χ0n) is 12.3. The quantitative estimate of drug-likeness (QED) is 0.874. The van der Waals surface area contributed by atoms with Crippen LogP contribution in [0, 0.1) is 18.8 Å². The maximum atomic E-state index is 4.89. The monoisotopic (exact) mass is 266 g/mol. The molecule has 102 valence electrons. The van der Waals surface area contributed by atoms with Gasteiger partial charge in [-0.15, -0.1) is 11.3 Å². The molecule has 18 heavy (non-hydrogen) atoms. The van der Waals surface area contributed by atoms with Crippen LogP contribution in [-0.2, 0) is 12.0 Å². The van der Waals surface area contributed by atoms with Crippen molar-refractivity contribution in [3.8, 4) is 0 Å². The summed E-state index contributed by atoms with van der Waals surface area (Å²) < 4.78 is 0. The third-order valence-electron chi connectivity index (χ3n) is 4.32. The molecule has 1 fully saturated rings. The van der Waals surface area contributed by atoms with Gasteiger partial charge in [0.25, 0.3) is 0 Å². The molecule has 1 aromatic rings. The molecule has 0 aliphatic heterocycles. The van der Waals surface area contributed by atoms with Gasteiger partial charge in [-0.25, -0.2) is 4.98 Å². The molecule has 1 aromatic heterocycles. The number of nitrogens with zero attached hydrogens (tertiary/aromatic N) is 1.